The number of benzene rings is 5. The predicted molar refractivity (Wildman–Crippen MR) is 167 cm³/mol. The van der Waals surface area contributed by atoms with Crippen molar-refractivity contribution in [2.24, 2.45) is 0 Å². The van der Waals surface area contributed by atoms with Gasteiger partial charge in [0.2, 0.25) is 0 Å². The van der Waals surface area contributed by atoms with E-state index in [1.54, 1.807) is 110 Å². The molecule has 5 aromatic carbocycles. The number of rotatable bonds is 7. The predicted octanol–water partition coefficient (Wildman–Crippen LogP) is 7.43. The van der Waals surface area contributed by atoms with E-state index in [0.29, 0.717) is 22.1 Å². The van der Waals surface area contributed by atoms with E-state index >= 15 is 0 Å². The van der Waals surface area contributed by atoms with Crippen LogP contribution < -0.4 is 19.8 Å². The number of esters is 3. The highest BCUT2D eigenvalue weighted by Gasteiger charge is 2.22. The van der Waals surface area contributed by atoms with Crippen molar-refractivity contribution < 1.29 is 33.0 Å². The Kier molecular flexibility index (Phi) is 8.02. The van der Waals surface area contributed by atoms with Gasteiger partial charge in [-0.1, -0.05) is 54.6 Å². The van der Waals surface area contributed by atoms with Crippen LogP contribution in [-0.2, 0) is 0 Å². The van der Waals surface area contributed by atoms with Crippen LogP contribution in [-0.4, -0.2) is 17.9 Å². The van der Waals surface area contributed by atoms with E-state index in [9.17, 15) is 19.2 Å². The summed E-state index contributed by atoms with van der Waals surface area (Å²) < 4.78 is 22.5. The van der Waals surface area contributed by atoms with Gasteiger partial charge in [0.15, 0.2) is 0 Å². The number of fused-ring (bicyclic) bond motifs is 1. The van der Waals surface area contributed by atoms with Crippen LogP contribution in [0, 0.1) is 6.92 Å². The van der Waals surface area contributed by atoms with Crippen LogP contribution in [0.25, 0.3) is 22.1 Å². The normalized spacial score (nSPS) is 10.7. The van der Waals surface area contributed by atoms with Gasteiger partial charge in [0.25, 0.3) is 0 Å². The molecule has 0 aliphatic rings. The molecule has 0 saturated carbocycles. The van der Waals surface area contributed by atoms with E-state index in [1.807, 2.05) is 0 Å². The Labute approximate surface area is 257 Å². The number of carbonyl (C=O) groups excluding carboxylic acids is 3. The first-order valence-corrected chi connectivity index (χ1v) is 13.9. The van der Waals surface area contributed by atoms with Gasteiger partial charge >= 0.3 is 23.5 Å². The van der Waals surface area contributed by atoms with E-state index < -0.39 is 23.5 Å². The van der Waals surface area contributed by atoms with Crippen LogP contribution >= 0.6 is 0 Å². The molecule has 8 heteroatoms. The first kappa shape index (κ1) is 28.8. The highest BCUT2D eigenvalue weighted by molar-refractivity contribution is 5.95. The molecule has 0 bridgehead atoms. The maximum atomic E-state index is 13.5. The molecular formula is C37H24O8. The Bertz CT molecular complexity index is 2100. The Balaban J connectivity index is 1.38. The Morgan fingerprint density at radius 1 is 0.556 bits per heavy atom. The summed E-state index contributed by atoms with van der Waals surface area (Å²) in [7, 11) is 0. The van der Waals surface area contributed by atoms with Gasteiger partial charge in [-0.15, -0.1) is 0 Å². The number of hydrogen-bond donors (Lipinski definition) is 0. The second-order valence-electron chi connectivity index (χ2n) is 9.97. The lowest BCUT2D eigenvalue weighted by molar-refractivity contribution is 0.0720. The maximum Gasteiger partial charge on any atom is 0.344 e. The summed E-state index contributed by atoms with van der Waals surface area (Å²) in [4.78, 5) is 51.8. The fourth-order valence-corrected chi connectivity index (χ4v) is 4.78. The SMILES string of the molecule is Cc1c(-c2ccc(OC(=O)c3ccccc3)cc2OC(=O)c2ccccc2)c(=O)oc2cc(OC(=O)c3ccccc3)ccc12. The highest BCUT2D eigenvalue weighted by atomic mass is 16.5. The van der Waals surface area contributed by atoms with Crippen molar-refractivity contribution in [3.63, 3.8) is 0 Å². The van der Waals surface area contributed by atoms with E-state index in [-0.39, 0.29) is 39.5 Å². The minimum atomic E-state index is -0.711. The molecule has 0 N–H and O–H groups in total. The van der Waals surface area contributed by atoms with Crippen LogP contribution in [0.4, 0.5) is 0 Å². The highest BCUT2D eigenvalue weighted by Crippen LogP contribution is 2.37. The van der Waals surface area contributed by atoms with E-state index in [4.69, 9.17) is 18.6 Å². The number of hydrogen-bond acceptors (Lipinski definition) is 8. The Morgan fingerprint density at radius 2 is 1.02 bits per heavy atom. The van der Waals surface area contributed by atoms with Crippen LogP contribution in [0.15, 0.2) is 137 Å². The molecule has 1 heterocycles. The molecule has 0 aliphatic heterocycles. The summed E-state index contributed by atoms with van der Waals surface area (Å²) in [6, 6.07) is 34.5. The molecule has 1 aromatic heterocycles. The van der Waals surface area contributed by atoms with Gasteiger partial charge in [-0.05, 0) is 73.2 Å². The monoisotopic (exact) mass is 596 g/mol. The largest absolute Gasteiger partial charge is 0.423 e. The smallest absolute Gasteiger partial charge is 0.344 e. The van der Waals surface area contributed by atoms with E-state index in [0.717, 1.165) is 0 Å². The van der Waals surface area contributed by atoms with Gasteiger partial charge in [0, 0.05) is 23.1 Å². The van der Waals surface area contributed by atoms with Gasteiger partial charge in [0.05, 0.1) is 22.3 Å². The lowest BCUT2D eigenvalue weighted by Gasteiger charge is -2.15. The van der Waals surface area contributed by atoms with Crippen molar-refractivity contribution in [3.8, 4) is 28.4 Å². The van der Waals surface area contributed by atoms with Crippen molar-refractivity contribution in [1.29, 1.82) is 0 Å². The minimum absolute atomic E-state index is 0.00891. The van der Waals surface area contributed by atoms with Crippen molar-refractivity contribution in [3.05, 3.63) is 160 Å². The first-order chi connectivity index (χ1) is 21.9. The summed E-state index contributed by atoms with van der Waals surface area (Å²) in [6.45, 7) is 1.73. The quantitative estimate of drug-likeness (QED) is 0.106. The topological polar surface area (TPSA) is 109 Å². The first-order valence-electron chi connectivity index (χ1n) is 13.9. The molecular weight excluding hydrogens is 572 g/mol. The van der Waals surface area contributed by atoms with Crippen molar-refractivity contribution >= 4 is 28.9 Å². The molecule has 6 aromatic rings. The standard InChI is InChI=1S/C37H24O8/c1-23-29-19-17-27(42-34(38)24-11-5-2-6-12-24)21-31(29)45-37(41)33(23)30-20-18-28(43-35(39)25-13-7-3-8-14-25)22-32(30)44-36(40)26-15-9-4-10-16-26/h2-22H,1H3. The third kappa shape index (κ3) is 6.25. The van der Waals surface area contributed by atoms with Crippen LogP contribution in [0.2, 0.25) is 0 Å². The molecule has 8 nitrogen and oxygen atoms in total. The zero-order chi connectivity index (χ0) is 31.3. The van der Waals surface area contributed by atoms with Crippen molar-refractivity contribution in [2.45, 2.75) is 6.92 Å². The maximum absolute atomic E-state index is 13.5. The van der Waals surface area contributed by atoms with Gasteiger partial charge in [-0.2, -0.15) is 0 Å². The zero-order valence-corrected chi connectivity index (χ0v) is 23.9. The lowest BCUT2D eigenvalue weighted by atomic mass is 9.98. The van der Waals surface area contributed by atoms with Crippen LogP contribution in [0.5, 0.6) is 17.2 Å². The fraction of sp³-hybridized carbons (Fsp3) is 0.0270. The van der Waals surface area contributed by atoms with Gasteiger partial charge in [0.1, 0.15) is 22.8 Å². The average Bonchev–Trinajstić information content (AvgIpc) is 3.06. The summed E-state index contributed by atoms with van der Waals surface area (Å²) in [5, 5.41) is 0.573. The van der Waals surface area contributed by atoms with Crippen LogP contribution in [0.1, 0.15) is 36.6 Å². The summed E-state index contributed by atoms with van der Waals surface area (Å²) >= 11 is 0. The third-order valence-electron chi connectivity index (χ3n) is 7.01. The van der Waals surface area contributed by atoms with Crippen LogP contribution in [0.3, 0.4) is 0 Å². The molecule has 0 unspecified atom stereocenters. The van der Waals surface area contributed by atoms with Gasteiger partial charge in [-0.3, -0.25) is 0 Å². The number of aryl methyl sites for hydroxylation is 1. The van der Waals surface area contributed by atoms with E-state index in [2.05, 4.69) is 0 Å². The second kappa shape index (κ2) is 12.5. The lowest BCUT2D eigenvalue weighted by Crippen LogP contribution is -2.13. The molecule has 0 spiro atoms. The minimum Gasteiger partial charge on any atom is -0.423 e. The molecule has 0 radical (unpaired) electrons. The Morgan fingerprint density at radius 3 is 1.56 bits per heavy atom. The summed E-state index contributed by atoms with van der Waals surface area (Å²) in [5.74, 6) is -1.52. The molecule has 6 rings (SSSR count). The van der Waals surface area contributed by atoms with E-state index in [1.165, 1.54) is 24.3 Å². The van der Waals surface area contributed by atoms with Crippen molar-refractivity contribution in [1.82, 2.24) is 0 Å². The molecule has 45 heavy (non-hydrogen) atoms. The zero-order valence-electron chi connectivity index (χ0n) is 23.9. The van der Waals surface area contributed by atoms with Gasteiger partial charge < -0.3 is 18.6 Å². The number of carbonyl (C=O) groups is 3. The molecule has 0 amide bonds. The molecule has 0 atom stereocenters. The third-order valence-corrected chi connectivity index (χ3v) is 7.01. The molecule has 0 saturated heterocycles. The Hall–Kier alpha value is -6.28. The molecule has 0 aliphatic carbocycles. The summed E-state index contributed by atoms with van der Waals surface area (Å²) in [5.41, 5.74) is 1.43. The van der Waals surface area contributed by atoms with Gasteiger partial charge in [-0.25, -0.2) is 19.2 Å². The molecule has 0 fully saturated rings. The fourth-order valence-electron chi connectivity index (χ4n) is 4.78. The molecule has 220 valence electrons. The average molecular weight is 597 g/mol. The number of ether oxygens (including phenoxy) is 3. The second-order valence-corrected chi connectivity index (χ2v) is 9.97. The van der Waals surface area contributed by atoms with Crippen molar-refractivity contribution in [2.75, 3.05) is 0 Å². The summed E-state index contributed by atoms with van der Waals surface area (Å²) in [6.07, 6.45) is 0.